The monoisotopic (exact) mass is 373 g/mol. The number of thiophene rings is 1. The van der Waals surface area contributed by atoms with Crippen LogP contribution in [0, 0.1) is 0 Å². The minimum Gasteiger partial charge on any atom is -0.493 e. The maximum absolute atomic E-state index is 12.7. The molecule has 26 heavy (non-hydrogen) atoms. The molecule has 0 N–H and O–H groups in total. The van der Waals surface area contributed by atoms with Gasteiger partial charge in [-0.15, -0.1) is 24.5 Å². The van der Waals surface area contributed by atoms with Crippen LogP contribution in [0.2, 0.25) is 0 Å². The zero-order chi connectivity index (χ0) is 19.1. The highest BCUT2D eigenvalue weighted by molar-refractivity contribution is 7.17. The molecule has 0 aliphatic carbocycles. The quantitative estimate of drug-likeness (QED) is 0.617. The summed E-state index contributed by atoms with van der Waals surface area (Å²) in [5.41, 5.74) is 0.841. The van der Waals surface area contributed by atoms with E-state index < -0.39 is 0 Å². The van der Waals surface area contributed by atoms with Crippen molar-refractivity contribution in [3.05, 3.63) is 54.5 Å². The Bertz CT molecular complexity index is 787. The third-order valence-electron chi connectivity index (χ3n) is 3.77. The molecule has 0 atom stereocenters. The first-order valence-electron chi connectivity index (χ1n) is 8.01. The zero-order valence-corrected chi connectivity index (χ0v) is 16.1. The summed E-state index contributed by atoms with van der Waals surface area (Å²) >= 11 is 1.40. The molecule has 0 saturated heterocycles. The largest absolute Gasteiger partial charge is 0.493 e. The zero-order valence-electron chi connectivity index (χ0n) is 15.3. The van der Waals surface area contributed by atoms with Gasteiger partial charge in [0.15, 0.2) is 11.5 Å². The number of carbonyl (C=O) groups is 1. The van der Waals surface area contributed by atoms with Crippen molar-refractivity contribution in [3.63, 3.8) is 0 Å². The van der Waals surface area contributed by atoms with Gasteiger partial charge in [-0.3, -0.25) is 4.79 Å². The van der Waals surface area contributed by atoms with Crippen LogP contribution in [-0.4, -0.2) is 45.2 Å². The highest BCUT2D eigenvalue weighted by atomic mass is 32.1. The van der Waals surface area contributed by atoms with Crippen LogP contribution in [-0.2, 0) is 0 Å². The highest BCUT2D eigenvalue weighted by Gasteiger charge is 2.21. The van der Waals surface area contributed by atoms with Crippen LogP contribution in [0.15, 0.2) is 49.6 Å². The van der Waals surface area contributed by atoms with Gasteiger partial charge in [0.05, 0.1) is 26.2 Å². The summed E-state index contributed by atoms with van der Waals surface area (Å²) in [5, 5.41) is 0. The van der Waals surface area contributed by atoms with E-state index in [-0.39, 0.29) is 5.91 Å². The van der Waals surface area contributed by atoms with Crippen molar-refractivity contribution in [2.45, 2.75) is 0 Å². The summed E-state index contributed by atoms with van der Waals surface area (Å²) in [7, 11) is 4.72. The predicted octanol–water partition coefficient (Wildman–Crippen LogP) is 4.26. The van der Waals surface area contributed by atoms with E-state index in [0.29, 0.717) is 35.2 Å². The van der Waals surface area contributed by atoms with E-state index in [9.17, 15) is 4.79 Å². The Morgan fingerprint density at radius 2 is 1.65 bits per heavy atom. The lowest BCUT2D eigenvalue weighted by atomic mass is 10.1. The molecule has 6 heteroatoms. The molecule has 0 saturated carbocycles. The van der Waals surface area contributed by atoms with E-state index in [1.807, 2.05) is 24.3 Å². The maximum atomic E-state index is 12.7. The molecule has 5 nitrogen and oxygen atoms in total. The number of methoxy groups -OCH3 is 3. The topological polar surface area (TPSA) is 48.0 Å². The standard InChI is InChI=1S/C20H23NO4S/c1-6-12-21(13-7-2)20(22)17-11-10-16(26-17)14-8-9-15(23-3)19(25-5)18(14)24-4/h6-11H,1-2,12-13H2,3-5H3. The van der Waals surface area contributed by atoms with Crippen molar-refractivity contribution in [2.75, 3.05) is 34.4 Å². The normalized spacial score (nSPS) is 10.1. The first-order chi connectivity index (χ1) is 12.6. The number of amides is 1. The molecule has 0 aliphatic rings. The molecule has 0 fully saturated rings. The summed E-state index contributed by atoms with van der Waals surface area (Å²) in [6.45, 7) is 8.35. The van der Waals surface area contributed by atoms with Gasteiger partial charge in [-0.1, -0.05) is 12.2 Å². The fourth-order valence-electron chi connectivity index (χ4n) is 2.60. The molecule has 0 bridgehead atoms. The fraction of sp³-hybridized carbons (Fsp3) is 0.250. The molecule has 0 radical (unpaired) electrons. The minimum atomic E-state index is -0.0551. The van der Waals surface area contributed by atoms with Crippen molar-refractivity contribution in [1.82, 2.24) is 4.90 Å². The molecule has 1 heterocycles. The Morgan fingerprint density at radius 3 is 2.19 bits per heavy atom. The summed E-state index contributed by atoms with van der Waals surface area (Å²) < 4.78 is 16.3. The second-order valence-corrected chi connectivity index (χ2v) is 6.42. The van der Waals surface area contributed by atoms with Gasteiger partial charge >= 0.3 is 0 Å². The second-order valence-electron chi connectivity index (χ2n) is 5.33. The van der Waals surface area contributed by atoms with Crippen LogP contribution in [0.25, 0.3) is 10.4 Å². The minimum absolute atomic E-state index is 0.0551. The number of rotatable bonds is 9. The average molecular weight is 373 g/mol. The molecular weight excluding hydrogens is 350 g/mol. The third kappa shape index (κ3) is 3.91. The number of carbonyl (C=O) groups excluding carboxylic acids is 1. The second kappa shape index (κ2) is 9.10. The Kier molecular flexibility index (Phi) is 6.86. The number of ether oxygens (including phenoxy) is 3. The number of benzene rings is 1. The van der Waals surface area contributed by atoms with Crippen molar-refractivity contribution >= 4 is 17.2 Å². The van der Waals surface area contributed by atoms with Crippen LogP contribution >= 0.6 is 11.3 Å². The molecular formula is C20H23NO4S. The van der Waals surface area contributed by atoms with E-state index in [4.69, 9.17) is 14.2 Å². The van der Waals surface area contributed by atoms with E-state index in [2.05, 4.69) is 13.2 Å². The lowest BCUT2D eigenvalue weighted by Gasteiger charge is -2.18. The lowest BCUT2D eigenvalue weighted by molar-refractivity contribution is 0.0795. The highest BCUT2D eigenvalue weighted by Crippen LogP contribution is 2.45. The summed E-state index contributed by atoms with van der Waals surface area (Å²) in [6.07, 6.45) is 3.40. The van der Waals surface area contributed by atoms with Crippen LogP contribution in [0.3, 0.4) is 0 Å². The van der Waals surface area contributed by atoms with Gasteiger partial charge in [0, 0.05) is 23.5 Å². The molecule has 2 rings (SSSR count). The molecule has 0 unspecified atom stereocenters. The number of hydrogen-bond donors (Lipinski definition) is 0. The number of nitrogens with zero attached hydrogens (tertiary/aromatic N) is 1. The molecule has 0 spiro atoms. The summed E-state index contributed by atoms with van der Waals surface area (Å²) in [6, 6.07) is 7.44. The van der Waals surface area contributed by atoms with Crippen molar-refractivity contribution in [3.8, 4) is 27.7 Å². The Labute approximate surface area is 158 Å². The Hall–Kier alpha value is -2.73. The van der Waals surface area contributed by atoms with Gasteiger partial charge < -0.3 is 19.1 Å². The Morgan fingerprint density at radius 1 is 1.00 bits per heavy atom. The van der Waals surface area contributed by atoms with Gasteiger partial charge in [-0.25, -0.2) is 0 Å². The average Bonchev–Trinajstić information content (AvgIpc) is 3.15. The van der Waals surface area contributed by atoms with E-state index in [0.717, 1.165) is 10.4 Å². The molecule has 2 aromatic rings. The first-order valence-corrected chi connectivity index (χ1v) is 8.83. The van der Waals surface area contributed by atoms with E-state index in [1.54, 1.807) is 38.4 Å². The van der Waals surface area contributed by atoms with Gasteiger partial charge in [0.25, 0.3) is 5.91 Å². The number of hydrogen-bond acceptors (Lipinski definition) is 5. The van der Waals surface area contributed by atoms with Gasteiger partial charge in [-0.05, 0) is 24.3 Å². The third-order valence-corrected chi connectivity index (χ3v) is 4.88. The van der Waals surface area contributed by atoms with Crippen molar-refractivity contribution in [2.24, 2.45) is 0 Å². The molecule has 138 valence electrons. The van der Waals surface area contributed by atoms with Crippen molar-refractivity contribution < 1.29 is 19.0 Å². The first kappa shape index (κ1) is 19.6. The SMILES string of the molecule is C=CCN(CC=C)C(=O)c1ccc(-c2ccc(OC)c(OC)c2OC)s1. The van der Waals surface area contributed by atoms with E-state index in [1.165, 1.54) is 11.3 Å². The van der Waals surface area contributed by atoms with Crippen LogP contribution in [0.5, 0.6) is 17.2 Å². The molecule has 1 amide bonds. The summed E-state index contributed by atoms with van der Waals surface area (Å²) in [4.78, 5) is 15.9. The predicted molar refractivity (Wildman–Crippen MR) is 106 cm³/mol. The van der Waals surface area contributed by atoms with Gasteiger partial charge in [0.1, 0.15) is 0 Å². The van der Waals surface area contributed by atoms with Crippen LogP contribution in [0.1, 0.15) is 9.67 Å². The maximum Gasteiger partial charge on any atom is 0.264 e. The molecule has 1 aromatic heterocycles. The lowest BCUT2D eigenvalue weighted by Crippen LogP contribution is -2.30. The fourth-order valence-corrected chi connectivity index (χ4v) is 3.60. The van der Waals surface area contributed by atoms with E-state index >= 15 is 0 Å². The van der Waals surface area contributed by atoms with Gasteiger partial charge in [0.2, 0.25) is 5.75 Å². The van der Waals surface area contributed by atoms with Crippen molar-refractivity contribution in [1.29, 1.82) is 0 Å². The Balaban J connectivity index is 2.42. The molecule has 0 aliphatic heterocycles. The van der Waals surface area contributed by atoms with Crippen LogP contribution < -0.4 is 14.2 Å². The van der Waals surface area contributed by atoms with Gasteiger partial charge in [-0.2, -0.15) is 0 Å². The van der Waals surface area contributed by atoms with Crippen LogP contribution in [0.4, 0.5) is 0 Å². The summed E-state index contributed by atoms with van der Waals surface area (Å²) in [5.74, 6) is 1.63. The molecule has 1 aromatic carbocycles. The smallest absolute Gasteiger partial charge is 0.264 e.